The highest BCUT2D eigenvalue weighted by Crippen LogP contribution is 2.23. The van der Waals surface area contributed by atoms with Gasteiger partial charge in [0.25, 0.3) is 0 Å². The molecule has 128 valence electrons. The molecule has 0 saturated heterocycles. The fraction of sp³-hybridized carbons (Fsp3) is 0.278. The fourth-order valence-corrected chi connectivity index (χ4v) is 3.07. The van der Waals surface area contributed by atoms with Gasteiger partial charge in [0, 0.05) is 7.05 Å². The van der Waals surface area contributed by atoms with E-state index in [0.717, 1.165) is 16.1 Å². The number of nitrogens with one attached hydrogen (secondary N) is 1. The van der Waals surface area contributed by atoms with Crippen molar-refractivity contribution in [3.05, 3.63) is 71.8 Å². The molecule has 1 amide bonds. The zero-order valence-corrected chi connectivity index (χ0v) is 14.8. The second-order valence-electron chi connectivity index (χ2n) is 5.73. The van der Waals surface area contributed by atoms with Crippen molar-refractivity contribution in [1.29, 1.82) is 0 Å². The van der Waals surface area contributed by atoms with Crippen molar-refractivity contribution in [1.82, 2.24) is 9.62 Å². The number of amides is 1. The maximum atomic E-state index is 12.8. The van der Waals surface area contributed by atoms with Gasteiger partial charge in [-0.3, -0.25) is 4.79 Å². The van der Waals surface area contributed by atoms with Crippen molar-refractivity contribution in [2.75, 3.05) is 13.3 Å². The highest BCUT2D eigenvalue weighted by Gasteiger charge is 2.31. The highest BCUT2D eigenvalue weighted by atomic mass is 32.2. The SMILES string of the molecule is C[C@@H](NC(=O)[C@@H](c1ccccc1)N(C)S(C)(=O)=O)c1ccccc1. The average Bonchev–Trinajstić information content (AvgIpc) is 2.56. The maximum Gasteiger partial charge on any atom is 0.243 e. The first-order valence-corrected chi connectivity index (χ1v) is 9.49. The third kappa shape index (κ3) is 4.43. The van der Waals surface area contributed by atoms with E-state index in [9.17, 15) is 13.2 Å². The Morgan fingerprint density at radius 3 is 1.88 bits per heavy atom. The first-order valence-electron chi connectivity index (χ1n) is 7.64. The van der Waals surface area contributed by atoms with Gasteiger partial charge in [-0.2, -0.15) is 4.31 Å². The summed E-state index contributed by atoms with van der Waals surface area (Å²) in [4.78, 5) is 12.8. The van der Waals surface area contributed by atoms with E-state index in [2.05, 4.69) is 5.32 Å². The Balaban J connectivity index is 2.28. The molecular formula is C18H22N2O3S. The Kier molecular flexibility index (Phi) is 5.75. The number of carbonyl (C=O) groups is 1. The van der Waals surface area contributed by atoms with Gasteiger partial charge in [-0.1, -0.05) is 60.7 Å². The Morgan fingerprint density at radius 2 is 1.42 bits per heavy atom. The summed E-state index contributed by atoms with van der Waals surface area (Å²) < 4.78 is 25.0. The Hall–Kier alpha value is -2.18. The van der Waals surface area contributed by atoms with E-state index >= 15 is 0 Å². The molecule has 24 heavy (non-hydrogen) atoms. The summed E-state index contributed by atoms with van der Waals surface area (Å²) in [7, 11) is -2.11. The van der Waals surface area contributed by atoms with Crippen LogP contribution in [0, 0.1) is 0 Å². The van der Waals surface area contributed by atoms with Gasteiger partial charge in [-0.15, -0.1) is 0 Å². The molecular weight excluding hydrogens is 324 g/mol. The Labute approximate surface area is 143 Å². The van der Waals surface area contributed by atoms with Crippen LogP contribution in [0.4, 0.5) is 0 Å². The molecule has 2 atom stereocenters. The van der Waals surface area contributed by atoms with Gasteiger partial charge in [0.15, 0.2) is 0 Å². The number of likely N-dealkylation sites (N-methyl/N-ethyl adjacent to an activating group) is 1. The van der Waals surface area contributed by atoms with E-state index in [4.69, 9.17) is 0 Å². The number of hydrogen-bond acceptors (Lipinski definition) is 3. The molecule has 0 saturated carbocycles. The standard InChI is InChI=1S/C18H22N2O3S/c1-14(15-10-6-4-7-11-15)19-18(21)17(20(2)24(3,22)23)16-12-8-5-9-13-16/h4-14,17H,1-3H3,(H,19,21)/t14-,17-/m1/s1. The Morgan fingerprint density at radius 1 is 0.958 bits per heavy atom. The molecule has 0 aromatic heterocycles. The number of nitrogens with zero attached hydrogens (tertiary/aromatic N) is 1. The van der Waals surface area contributed by atoms with E-state index in [-0.39, 0.29) is 11.9 Å². The molecule has 0 bridgehead atoms. The van der Waals surface area contributed by atoms with E-state index in [0.29, 0.717) is 5.56 Å². The molecule has 0 spiro atoms. The van der Waals surface area contributed by atoms with Crippen molar-refractivity contribution in [3.63, 3.8) is 0 Å². The molecule has 0 heterocycles. The molecule has 5 nitrogen and oxygen atoms in total. The van der Waals surface area contributed by atoms with Gasteiger partial charge in [0.2, 0.25) is 15.9 Å². The molecule has 0 aliphatic heterocycles. The van der Waals surface area contributed by atoms with Gasteiger partial charge in [-0.25, -0.2) is 8.42 Å². The zero-order valence-electron chi connectivity index (χ0n) is 14.0. The normalized spacial score (nSPS) is 14.2. The van der Waals surface area contributed by atoms with Gasteiger partial charge in [0.05, 0.1) is 12.3 Å². The summed E-state index contributed by atoms with van der Waals surface area (Å²) in [6.45, 7) is 1.87. The lowest BCUT2D eigenvalue weighted by molar-refractivity contribution is -0.125. The smallest absolute Gasteiger partial charge is 0.243 e. The number of hydrogen-bond donors (Lipinski definition) is 1. The molecule has 2 aromatic rings. The first-order chi connectivity index (χ1) is 11.3. The lowest BCUT2D eigenvalue weighted by Crippen LogP contribution is -2.42. The highest BCUT2D eigenvalue weighted by molar-refractivity contribution is 7.88. The molecule has 0 fully saturated rings. The predicted octanol–water partition coefficient (Wildman–Crippen LogP) is 2.50. The average molecular weight is 346 g/mol. The van der Waals surface area contributed by atoms with E-state index in [1.54, 1.807) is 24.3 Å². The Bertz CT molecular complexity index is 776. The molecule has 0 radical (unpaired) electrons. The molecule has 0 aliphatic carbocycles. The van der Waals surface area contributed by atoms with Crippen LogP contribution in [0.5, 0.6) is 0 Å². The van der Waals surface area contributed by atoms with Crippen molar-refractivity contribution in [2.24, 2.45) is 0 Å². The van der Waals surface area contributed by atoms with Gasteiger partial charge < -0.3 is 5.32 Å². The summed E-state index contributed by atoms with van der Waals surface area (Å²) in [6.07, 6.45) is 1.09. The van der Waals surface area contributed by atoms with Crippen molar-refractivity contribution >= 4 is 15.9 Å². The minimum absolute atomic E-state index is 0.224. The van der Waals surface area contributed by atoms with Crippen LogP contribution in [0.25, 0.3) is 0 Å². The van der Waals surface area contributed by atoms with Crippen LogP contribution < -0.4 is 5.32 Å². The number of rotatable bonds is 6. The largest absolute Gasteiger partial charge is 0.348 e. The lowest BCUT2D eigenvalue weighted by Gasteiger charge is -2.27. The summed E-state index contributed by atoms with van der Waals surface area (Å²) in [5.41, 5.74) is 1.59. The van der Waals surface area contributed by atoms with Gasteiger partial charge >= 0.3 is 0 Å². The van der Waals surface area contributed by atoms with Crippen LogP contribution in [0.3, 0.4) is 0 Å². The fourth-order valence-electron chi connectivity index (χ4n) is 2.47. The molecule has 2 rings (SSSR count). The number of sulfonamides is 1. The zero-order chi connectivity index (χ0) is 17.7. The summed E-state index contributed by atoms with van der Waals surface area (Å²) in [5.74, 6) is -0.356. The van der Waals surface area contributed by atoms with Crippen LogP contribution in [-0.4, -0.2) is 31.9 Å². The van der Waals surface area contributed by atoms with Crippen molar-refractivity contribution in [2.45, 2.75) is 19.0 Å². The topological polar surface area (TPSA) is 66.5 Å². The summed E-state index contributed by atoms with van der Waals surface area (Å²) in [6, 6.07) is 17.3. The lowest BCUT2D eigenvalue weighted by atomic mass is 10.0. The van der Waals surface area contributed by atoms with Crippen molar-refractivity contribution < 1.29 is 13.2 Å². The third-order valence-electron chi connectivity index (χ3n) is 3.91. The van der Waals surface area contributed by atoms with E-state index < -0.39 is 16.1 Å². The van der Waals surface area contributed by atoms with Crippen LogP contribution in [0.1, 0.15) is 30.1 Å². The van der Waals surface area contributed by atoms with Gasteiger partial charge in [-0.05, 0) is 18.1 Å². The molecule has 1 N–H and O–H groups in total. The number of carbonyl (C=O) groups excluding carboxylic acids is 1. The summed E-state index contributed by atoms with van der Waals surface area (Å²) in [5, 5.41) is 2.90. The van der Waals surface area contributed by atoms with Crippen LogP contribution in [0.15, 0.2) is 60.7 Å². The maximum absolute atomic E-state index is 12.8. The van der Waals surface area contributed by atoms with Crippen LogP contribution in [-0.2, 0) is 14.8 Å². The van der Waals surface area contributed by atoms with Crippen LogP contribution >= 0.6 is 0 Å². The minimum Gasteiger partial charge on any atom is -0.348 e. The third-order valence-corrected chi connectivity index (χ3v) is 5.17. The predicted molar refractivity (Wildman–Crippen MR) is 94.8 cm³/mol. The van der Waals surface area contributed by atoms with E-state index in [1.165, 1.54) is 7.05 Å². The van der Waals surface area contributed by atoms with Gasteiger partial charge in [0.1, 0.15) is 6.04 Å². The quantitative estimate of drug-likeness (QED) is 0.874. The minimum atomic E-state index is -3.52. The molecule has 0 unspecified atom stereocenters. The molecule has 2 aromatic carbocycles. The van der Waals surface area contributed by atoms with Crippen molar-refractivity contribution in [3.8, 4) is 0 Å². The molecule has 0 aliphatic rings. The first kappa shape index (κ1) is 18.2. The summed E-state index contributed by atoms with van der Waals surface area (Å²) >= 11 is 0. The van der Waals surface area contributed by atoms with E-state index in [1.807, 2.05) is 43.3 Å². The van der Waals surface area contributed by atoms with Crippen LogP contribution in [0.2, 0.25) is 0 Å². The number of benzene rings is 2. The second kappa shape index (κ2) is 7.59. The molecule has 6 heteroatoms. The second-order valence-corrected chi connectivity index (χ2v) is 7.78. The monoisotopic (exact) mass is 346 g/mol.